The Balaban J connectivity index is 1.42. The highest BCUT2D eigenvalue weighted by Gasteiger charge is 2.46. The summed E-state index contributed by atoms with van der Waals surface area (Å²) in [5.74, 6) is 0. The second-order valence-corrected chi connectivity index (χ2v) is 22.4. The van der Waals surface area contributed by atoms with Gasteiger partial charge in [-0.15, -0.1) is 0 Å². The van der Waals surface area contributed by atoms with Gasteiger partial charge in [-0.2, -0.15) is 0 Å². The summed E-state index contributed by atoms with van der Waals surface area (Å²) >= 11 is 0. The molecule has 8 aromatic rings. The van der Waals surface area contributed by atoms with Gasteiger partial charge in [0.2, 0.25) is 0 Å². The summed E-state index contributed by atoms with van der Waals surface area (Å²) in [6.07, 6.45) is 0. The Morgan fingerprint density at radius 1 is 0.317 bits per heavy atom. The number of benzene rings is 8. The maximum atomic E-state index is 2.63. The Labute approximate surface area is 376 Å². The quantitative estimate of drug-likeness (QED) is 0.164. The average molecular weight is 821 g/mol. The fourth-order valence-electron chi connectivity index (χ4n) is 10.1. The summed E-state index contributed by atoms with van der Waals surface area (Å²) in [6.45, 7) is 28.2. The predicted octanol–water partition coefficient (Wildman–Crippen LogP) is 14.9. The van der Waals surface area contributed by atoms with Gasteiger partial charge in [0.1, 0.15) is 0 Å². The molecule has 2 aliphatic heterocycles. The van der Waals surface area contributed by atoms with Crippen LogP contribution in [0.15, 0.2) is 152 Å². The molecular formula is C60H61BN2. The molecule has 0 unspecified atom stereocenters. The highest BCUT2D eigenvalue weighted by Crippen LogP contribution is 2.49. The molecule has 10 rings (SSSR count). The smallest absolute Gasteiger partial charge is 0.253 e. The van der Waals surface area contributed by atoms with Crippen LogP contribution in [-0.4, -0.2) is 6.71 Å². The standard InChI is InChI=1S/C60H61BN2/c1-57(2,3)42-32-43(58(4,5)6)35-46(34-42)62-50-28-26-39-22-16-18-24-48(39)54(50)61-55-49-25-19-17-23-40(49)27-29-51(55)63(47-36-44(59(7,8)9)33-45(37-47)60(10,11)12)53-31-41(30-52(62)56(53)61)38-20-14-13-15-21-38/h13-37H,1-12H3. The SMILES string of the molecule is CC(C)(C)c1cc(N2c3cc(-c4ccccc4)cc4c3B(c3c2ccc2ccccc32)c2c(ccc3ccccc23)N4c2cc(C(C)(C)C)cc(C(C)(C)C)c2)cc(C(C)(C)C)c1. The van der Waals surface area contributed by atoms with Gasteiger partial charge in [0.15, 0.2) is 0 Å². The van der Waals surface area contributed by atoms with E-state index < -0.39 is 0 Å². The van der Waals surface area contributed by atoms with Crippen LogP contribution in [0.1, 0.15) is 105 Å². The number of fused-ring (bicyclic) bond motifs is 8. The van der Waals surface area contributed by atoms with Gasteiger partial charge in [0.05, 0.1) is 0 Å². The zero-order valence-corrected chi connectivity index (χ0v) is 39.4. The number of rotatable bonds is 3. The highest BCUT2D eigenvalue weighted by molar-refractivity contribution is 7.02. The number of nitrogens with zero attached hydrogens (tertiary/aromatic N) is 2. The van der Waals surface area contributed by atoms with Crippen molar-refractivity contribution in [3.05, 3.63) is 174 Å². The Bertz CT molecular complexity index is 2860. The van der Waals surface area contributed by atoms with Crippen molar-refractivity contribution in [3.8, 4) is 11.1 Å². The molecule has 0 radical (unpaired) electrons. The van der Waals surface area contributed by atoms with E-state index in [2.05, 4.69) is 245 Å². The Kier molecular flexibility index (Phi) is 9.26. The Morgan fingerprint density at radius 3 is 1.06 bits per heavy atom. The first-order valence-electron chi connectivity index (χ1n) is 23.0. The van der Waals surface area contributed by atoms with Gasteiger partial charge in [-0.1, -0.05) is 186 Å². The fourth-order valence-corrected chi connectivity index (χ4v) is 10.1. The van der Waals surface area contributed by atoms with E-state index in [1.807, 2.05) is 0 Å². The third kappa shape index (κ3) is 6.87. The number of anilines is 6. The van der Waals surface area contributed by atoms with Gasteiger partial charge < -0.3 is 9.80 Å². The summed E-state index contributed by atoms with van der Waals surface area (Å²) in [6, 6.07) is 58.5. The van der Waals surface area contributed by atoms with Crippen molar-refractivity contribution >= 4 is 78.8 Å². The van der Waals surface area contributed by atoms with Gasteiger partial charge in [-0.05, 0) is 142 Å². The Morgan fingerprint density at radius 2 is 0.683 bits per heavy atom. The van der Waals surface area contributed by atoms with E-state index in [0.29, 0.717) is 0 Å². The molecule has 0 spiro atoms. The molecule has 2 nitrogen and oxygen atoms in total. The van der Waals surface area contributed by atoms with Gasteiger partial charge in [0, 0.05) is 34.1 Å². The van der Waals surface area contributed by atoms with Crippen molar-refractivity contribution < 1.29 is 0 Å². The van der Waals surface area contributed by atoms with E-state index in [4.69, 9.17) is 0 Å². The van der Waals surface area contributed by atoms with Gasteiger partial charge in [-0.25, -0.2) is 0 Å². The van der Waals surface area contributed by atoms with E-state index >= 15 is 0 Å². The molecule has 0 amide bonds. The van der Waals surface area contributed by atoms with Crippen LogP contribution in [0, 0.1) is 0 Å². The van der Waals surface area contributed by atoms with Crippen LogP contribution < -0.4 is 26.2 Å². The number of hydrogen-bond donors (Lipinski definition) is 0. The Hall–Kier alpha value is -6.06. The van der Waals surface area contributed by atoms with Crippen LogP contribution in [0.5, 0.6) is 0 Å². The lowest BCUT2D eigenvalue weighted by Crippen LogP contribution is -2.61. The molecule has 0 N–H and O–H groups in total. The van der Waals surface area contributed by atoms with Crippen LogP contribution in [0.4, 0.5) is 34.1 Å². The van der Waals surface area contributed by atoms with E-state index in [0.717, 1.165) is 0 Å². The summed E-state index contributed by atoms with van der Waals surface area (Å²) in [7, 11) is 0. The molecule has 0 atom stereocenters. The van der Waals surface area contributed by atoms with Gasteiger partial charge in [-0.3, -0.25) is 0 Å². The second kappa shape index (κ2) is 14.2. The van der Waals surface area contributed by atoms with E-state index in [1.54, 1.807) is 0 Å². The molecule has 2 aliphatic rings. The molecule has 0 saturated heterocycles. The average Bonchev–Trinajstić information content (AvgIpc) is 3.24. The van der Waals surface area contributed by atoms with Crippen LogP contribution >= 0.6 is 0 Å². The monoisotopic (exact) mass is 820 g/mol. The van der Waals surface area contributed by atoms with E-state index in [1.165, 1.54) is 105 Å². The van der Waals surface area contributed by atoms with Crippen LogP contribution in [0.3, 0.4) is 0 Å². The normalized spacial score (nSPS) is 13.9. The maximum absolute atomic E-state index is 2.63. The predicted molar refractivity (Wildman–Crippen MR) is 276 cm³/mol. The lowest BCUT2D eigenvalue weighted by atomic mass is 9.32. The molecule has 314 valence electrons. The van der Waals surface area contributed by atoms with Gasteiger partial charge in [0.25, 0.3) is 6.71 Å². The third-order valence-corrected chi connectivity index (χ3v) is 13.8. The van der Waals surface area contributed by atoms with Gasteiger partial charge >= 0.3 is 0 Å². The molecule has 2 heterocycles. The molecule has 0 aliphatic carbocycles. The number of hydrogen-bond acceptors (Lipinski definition) is 2. The summed E-state index contributed by atoms with van der Waals surface area (Å²) in [5, 5.41) is 5.12. The lowest BCUT2D eigenvalue weighted by Gasteiger charge is -2.46. The van der Waals surface area contributed by atoms with Crippen LogP contribution in [0.2, 0.25) is 0 Å². The zero-order valence-electron chi connectivity index (χ0n) is 39.4. The first-order valence-corrected chi connectivity index (χ1v) is 23.0. The molecule has 3 heteroatoms. The highest BCUT2D eigenvalue weighted by atomic mass is 15.2. The first kappa shape index (κ1) is 41.0. The van der Waals surface area contributed by atoms with Crippen molar-refractivity contribution in [2.24, 2.45) is 0 Å². The van der Waals surface area contributed by atoms with Crippen molar-refractivity contribution in [3.63, 3.8) is 0 Å². The first-order chi connectivity index (χ1) is 29.8. The topological polar surface area (TPSA) is 6.48 Å². The van der Waals surface area contributed by atoms with E-state index in [9.17, 15) is 0 Å². The van der Waals surface area contributed by atoms with Crippen molar-refractivity contribution in [1.82, 2.24) is 0 Å². The molecule has 0 fully saturated rings. The molecule has 0 aromatic heterocycles. The third-order valence-electron chi connectivity index (χ3n) is 13.8. The second-order valence-electron chi connectivity index (χ2n) is 22.4. The summed E-state index contributed by atoms with van der Waals surface area (Å²) < 4.78 is 0. The van der Waals surface area contributed by atoms with Crippen molar-refractivity contribution in [2.45, 2.75) is 105 Å². The van der Waals surface area contributed by atoms with Crippen LogP contribution in [0.25, 0.3) is 32.7 Å². The zero-order chi connectivity index (χ0) is 44.4. The molecule has 8 aromatic carbocycles. The van der Waals surface area contributed by atoms with Crippen molar-refractivity contribution in [1.29, 1.82) is 0 Å². The maximum Gasteiger partial charge on any atom is 0.253 e. The lowest BCUT2D eigenvalue weighted by molar-refractivity contribution is 0.568. The fraction of sp³-hybridized carbons (Fsp3) is 0.267. The van der Waals surface area contributed by atoms with Crippen LogP contribution in [-0.2, 0) is 21.7 Å². The molecule has 0 saturated carbocycles. The minimum Gasteiger partial charge on any atom is -0.311 e. The summed E-state index contributed by atoms with van der Waals surface area (Å²) in [5.41, 5.74) is 19.0. The van der Waals surface area contributed by atoms with Crippen molar-refractivity contribution in [2.75, 3.05) is 9.80 Å². The molecule has 63 heavy (non-hydrogen) atoms. The molecular weight excluding hydrogens is 759 g/mol. The summed E-state index contributed by atoms with van der Waals surface area (Å²) in [4.78, 5) is 5.27. The van der Waals surface area contributed by atoms with E-state index in [-0.39, 0.29) is 28.4 Å². The minimum atomic E-state index is -0.0522. The minimum absolute atomic E-state index is 0.0321. The molecule has 0 bridgehead atoms. The largest absolute Gasteiger partial charge is 0.311 e.